The van der Waals surface area contributed by atoms with Gasteiger partial charge in [0, 0.05) is 6.54 Å². The van der Waals surface area contributed by atoms with Gasteiger partial charge in [-0.1, -0.05) is 24.3 Å². The fourth-order valence-electron chi connectivity index (χ4n) is 1.61. The van der Waals surface area contributed by atoms with E-state index >= 15 is 0 Å². The summed E-state index contributed by atoms with van der Waals surface area (Å²) in [6.45, 7) is 5.72. The molecular weight excluding hydrogens is 258 g/mol. The number of alkyl carbamates (subject to hydrolysis) is 1. The quantitative estimate of drug-likeness (QED) is 0.860. The Hall–Kier alpha value is -2.04. The molecule has 1 aromatic carbocycles. The van der Waals surface area contributed by atoms with E-state index in [1.165, 1.54) is 7.11 Å². The van der Waals surface area contributed by atoms with Crippen molar-refractivity contribution in [3.63, 3.8) is 0 Å². The number of methoxy groups -OCH3 is 1. The minimum atomic E-state index is -0.532. The molecule has 0 fully saturated rings. The molecule has 0 bridgehead atoms. The topological polar surface area (TPSA) is 64.6 Å². The van der Waals surface area contributed by atoms with E-state index in [9.17, 15) is 9.59 Å². The van der Waals surface area contributed by atoms with Crippen molar-refractivity contribution in [3.05, 3.63) is 35.4 Å². The van der Waals surface area contributed by atoms with Crippen LogP contribution in [0.4, 0.5) is 4.79 Å². The molecule has 110 valence electrons. The van der Waals surface area contributed by atoms with Crippen LogP contribution in [0.5, 0.6) is 0 Å². The van der Waals surface area contributed by atoms with Crippen molar-refractivity contribution in [1.82, 2.24) is 5.32 Å². The van der Waals surface area contributed by atoms with E-state index in [2.05, 4.69) is 10.1 Å². The Balaban J connectivity index is 2.64. The van der Waals surface area contributed by atoms with Crippen LogP contribution in [0.15, 0.2) is 24.3 Å². The highest BCUT2D eigenvalue weighted by molar-refractivity contribution is 5.73. The summed E-state index contributed by atoms with van der Waals surface area (Å²) < 4.78 is 9.81. The minimum absolute atomic E-state index is 0.183. The second-order valence-corrected chi connectivity index (χ2v) is 5.38. The second-order valence-electron chi connectivity index (χ2n) is 5.38. The average Bonchev–Trinajstić information content (AvgIpc) is 2.35. The number of benzene rings is 1. The molecule has 0 saturated heterocycles. The van der Waals surface area contributed by atoms with Crippen LogP contribution in [0, 0.1) is 0 Å². The number of ether oxygens (including phenoxy) is 2. The number of nitrogens with one attached hydrogen (secondary N) is 1. The Morgan fingerprint density at radius 2 is 1.75 bits per heavy atom. The lowest BCUT2D eigenvalue weighted by atomic mass is 10.0. The van der Waals surface area contributed by atoms with Crippen LogP contribution < -0.4 is 5.32 Å². The molecule has 0 aliphatic carbocycles. The average molecular weight is 279 g/mol. The largest absolute Gasteiger partial charge is 0.469 e. The van der Waals surface area contributed by atoms with Gasteiger partial charge in [-0.05, 0) is 31.9 Å². The summed E-state index contributed by atoms with van der Waals surface area (Å²) in [4.78, 5) is 22.9. The summed E-state index contributed by atoms with van der Waals surface area (Å²) in [5.74, 6) is -0.310. The molecule has 1 aromatic rings. The Morgan fingerprint density at radius 1 is 1.15 bits per heavy atom. The lowest BCUT2D eigenvalue weighted by Crippen LogP contribution is -2.32. The number of rotatable bonds is 4. The normalized spacial score (nSPS) is 10.8. The van der Waals surface area contributed by atoms with E-state index in [4.69, 9.17) is 4.74 Å². The van der Waals surface area contributed by atoms with E-state index in [1.807, 2.05) is 24.3 Å². The first kappa shape index (κ1) is 16.0. The third-order valence-electron chi connectivity index (χ3n) is 2.50. The molecule has 1 rings (SSSR count). The first-order valence-electron chi connectivity index (χ1n) is 6.42. The van der Waals surface area contributed by atoms with Crippen molar-refractivity contribution < 1.29 is 19.1 Å². The molecule has 0 unspecified atom stereocenters. The zero-order chi connectivity index (χ0) is 15.2. The maximum atomic E-state index is 11.6. The van der Waals surface area contributed by atoms with E-state index in [0.717, 1.165) is 11.1 Å². The van der Waals surface area contributed by atoms with Gasteiger partial charge in [0.15, 0.2) is 0 Å². The van der Waals surface area contributed by atoms with Crippen molar-refractivity contribution in [2.24, 2.45) is 0 Å². The van der Waals surface area contributed by atoms with Gasteiger partial charge >= 0.3 is 12.1 Å². The van der Waals surface area contributed by atoms with Crippen molar-refractivity contribution in [2.45, 2.75) is 39.3 Å². The number of hydrogen-bond acceptors (Lipinski definition) is 4. The maximum absolute atomic E-state index is 11.6. The van der Waals surface area contributed by atoms with Gasteiger partial charge in [0.2, 0.25) is 0 Å². The minimum Gasteiger partial charge on any atom is -0.469 e. The van der Waals surface area contributed by atoms with E-state index in [0.29, 0.717) is 6.54 Å². The van der Waals surface area contributed by atoms with Crippen LogP contribution >= 0.6 is 0 Å². The summed E-state index contributed by atoms with van der Waals surface area (Å²) >= 11 is 0. The standard InChI is InChI=1S/C15H21NO4/c1-15(2,3)20-14(18)16-10-12-8-6-5-7-11(12)9-13(17)19-4/h5-8H,9-10H2,1-4H3,(H,16,18). The number of carbonyl (C=O) groups is 2. The molecule has 0 radical (unpaired) electrons. The van der Waals surface area contributed by atoms with Crippen LogP contribution in [0.3, 0.4) is 0 Å². The Bertz CT molecular complexity index is 477. The zero-order valence-electron chi connectivity index (χ0n) is 12.4. The van der Waals surface area contributed by atoms with Gasteiger partial charge in [-0.3, -0.25) is 4.79 Å². The van der Waals surface area contributed by atoms with Gasteiger partial charge in [-0.2, -0.15) is 0 Å². The number of carbonyl (C=O) groups excluding carboxylic acids is 2. The van der Waals surface area contributed by atoms with E-state index in [-0.39, 0.29) is 12.4 Å². The maximum Gasteiger partial charge on any atom is 0.407 e. The van der Waals surface area contributed by atoms with Gasteiger partial charge in [-0.15, -0.1) is 0 Å². The predicted octanol–water partition coefficient (Wildman–Crippen LogP) is 2.43. The molecular formula is C15H21NO4. The Labute approximate surface area is 119 Å². The van der Waals surface area contributed by atoms with Gasteiger partial charge in [0.05, 0.1) is 13.5 Å². The number of amides is 1. The van der Waals surface area contributed by atoms with Crippen LogP contribution in [0.1, 0.15) is 31.9 Å². The molecule has 0 aliphatic rings. The van der Waals surface area contributed by atoms with Gasteiger partial charge in [-0.25, -0.2) is 4.79 Å². The smallest absolute Gasteiger partial charge is 0.407 e. The fourth-order valence-corrected chi connectivity index (χ4v) is 1.61. The summed E-state index contributed by atoms with van der Waals surface area (Å²) in [7, 11) is 1.35. The van der Waals surface area contributed by atoms with Crippen molar-refractivity contribution in [2.75, 3.05) is 7.11 Å². The molecule has 1 N–H and O–H groups in total. The summed E-state index contributed by atoms with van der Waals surface area (Å²) in [5, 5.41) is 2.67. The number of esters is 1. The Morgan fingerprint density at radius 3 is 2.30 bits per heavy atom. The van der Waals surface area contributed by atoms with Crippen molar-refractivity contribution >= 4 is 12.1 Å². The molecule has 20 heavy (non-hydrogen) atoms. The third kappa shape index (κ3) is 5.73. The van der Waals surface area contributed by atoms with Crippen LogP contribution in [-0.4, -0.2) is 24.8 Å². The van der Waals surface area contributed by atoms with Crippen LogP contribution in [0.25, 0.3) is 0 Å². The van der Waals surface area contributed by atoms with Crippen molar-refractivity contribution in [3.8, 4) is 0 Å². The SMILES string of the molecule is COC(=O)Cc1ccccc1CNC(=O)OC(C)(C)C. The molecule has 0 spiro atoms. The van der Waals surface area contributed by atoms with Gasteiger partial charge in [0.1, 0.15) is 5.60 Å². The highest BCUT2D eigenvalue weighted by Crippen LogP contribution is 2.11. The predicted molar refractivity (Wildman–Crippen MR) is 75.2 cm³/mol. The molecule has 5 heteroatoms. The Kier molecular flexibility index (Phi) is 5.55. The van der Waals surface area contributed by atoms with Crippen LogP contribution in [-0.2, 0) is 27.2 Å². The molecule has 0 saturated carbocycles. The van der Waals surface area contributed by atoms with Crippen molar-refractivity contribution in [1.29, 1.82) is 0 Å². The molecule has 0 atom stereocenters. The first-order valence-corrected chi connectivity index (χ1v) is 6.42. The molecule has 0 heterocycles. The zero-order valence-corrected chi connectivity index (χ0v) is 12.4. The van der Waals surface area contributed by atoms with Gasteiger partial charge in [0.25, 0.3) is 0 Å². The highest BCUT2D eigenvalue weighted by atomic mass is 16.6. The molecule has 0 aromatic heterocycles. The number of hydrogen-bond donors (Lipinski definition) is 1. The van der Waals surface area contributed by atoms with Gasteiger partial charge < -0.3 is 14.8 Å². The van der Waals surface area contributed by atoms with E-state index < -0.39 is 11.7 Å². The lowest BCUT2D eigenvalue weighted by molar-refractivity contribution is -0.139. The summed E-state index contributed by atoms with van der Waals surface area (Å²) in [6.07, 6.45) is -0.298. The first-order chi connectivity index (χ1) is 9.31. The van der Waals surface area contributed by atoms with Crippen LogP contribution in [0.2, 0.25) is 0 Å². The summed E-state index contributed by atoms with van der Waals surface area (Å²) in [6, 6.07) is 7.39. The molecule has 1 amide bonds. The molecule has 0 aliphatic heterocycles. The molecule has 5 nitrogen and oxygen atoms in total. The highest BCUT2D eigenvalue weighted by Gasteiger charge is 2.16. The fraction of sp³-hybridized carbons (Fsp3) is 0.467. The third-order valence-corrected chi connectivity index (χ3v) is 2.50. The monoisotopic (exact) mass is 279 g/mol. The summed E-state index contributed by atoms with van der Waals surface area (Å²) in [5.41, 5.74) is 1.16. The van der Waals surface area contributed by atoms with E-state index in [1.54, 1.807) is 20.8 Å². The second kappa shape index (κ2) is 6.93. The lowest BCUT2D eigenvalue weighted by Gasteiger charge is -2.20.